The Labute approximate surface area is 151 Å². The molecular weight excluding hydrogens is 314 g/mol. The van der Waals surface area contributed by atoms with Crippen molar-refractivity contribution in [3.05, 3.63) is 30.3 Å². The van der Waals surface area contributed by atoms with E-state index in [2.05, 4.69) is 31.4 Å². The second-order valence-corrected chi connectivity index (χ2v) is 7.46. The van der Waals surface area contributed by atoms with E-state index in [1.807, 2.05) is 30.3 Å². The van der Waals surface area contributed by atoms with Crippen LogP contribution in [0.2, 0.25) is 0 Å². The predicted molar refractivity (Wildman–Crippen MR) is 101 cm³/mol. The number of para-hydroxylation sites is 1. The molecule has 1 aromatic carbocycles. The van der Waals surface area contributed by atoms with Gasteiger partial charge in [-0.15, -0.1) is 0 Å². The minimum Gasteiger partial charge on any atom is -0.353 e. The average molecular weight is 345 g/mol. The number of hydrogen-bond acceptors (Lipinski definition) is 2. The van der Waals surface area contributed by atoms with Crippen molar-refractivity contribution in [2.24, 2.45) is 11.8 Å². The fourth-order valence-electron chi connectivity index (χ4n) is 3.12. The largest absolute Gasteiger partial charge is 0.353 e. The van der Waals surface area contributed by atoms with Crippen LogP contribution in [0, 0.1) is 11.8 Å². The number of piperidine rings is 1. The van der Waals surface area contributed by atoms with E-state index in [0.29, 0.717) is 19.0 Å². The van der Waals surface area contributed by atoms with Crippen LogP contribution in [0.5, 0.6) is 0 Å². The summed E-state index contributed by atoms with van der Waals surface area (Å²) in [5.41, 5.74) is 0.779. The Balaban J connectivity index is 1.83. The molecule has 1 aliphatic heterocycles. The van der Waals surface area contributed by atoms with E-state index < -0.39 is 0 Å². The summed E-state index contributed by atoms with van der Waals surface area (Å²) in [6, 6.07) is 9.48. The number of carbonyl (C=O) groups excluding carboxylic acids is 2. The molecule has 0 saturated carbocycles. The van der Waals surface area contributed by atoms with E-state index in [-0.39, 0.29) is 23.9 Å². The lowest BCUT2D eigenvalue weighted by Gasteiger charge is -2.32. The Morgan fingerprint density at radius 2 is 1.88 bits per heavy atom. The Kier molecular flexibility index (Phi) is 7.29. The summed E-state index contributed by atoms with van der Waals surface area (Å²) in [7, 11) is 0. The number of carbonyl (C=O) groups is 2. The lowest BCUT2D eigenvalue weighted by Crippen LogP contribution is -2.48. The van der Waals surface area contributed by atoms with Gasteiger partial charge in [-0.25, -0.2) is 4.79 Å². The van der Waals surface area contributed by atoms with Crippen LogP contribution in [-0.2, 0) is 4.79 Å². The van der Waals surface area contributed by atoms with E-state index in [4.69, 9.17) is 0 Å². The van der Waals surface area contributed by atoms with Crippen LogP contribution in [-0.4, -0.2) is 36.0 Å². The van der Waals surface area contributed by atoms with E-state index in [0.717, 1.165) is 31.4 Å². The van der Waals surface area contributed by atoms with Gasteiger partial charge in [-0.2, -0.15) is 0 Å². The third-order valence-corrected chi connectivity index (χ3v) is 4.67. The van der Waals surface area contributed by atoms with E-state index in [9.17, 15) is 9.59 Å². The second kappa shape index (κ2) is 9.44. The first-order valence-electron chi connectivity index (χ1n) is 9.37. The maximum atomic E-state index is 12.5. The van der Waals surface area contributed by atoms with E-state index in [1.54, 1.807) is 4.90 Å². The molecular formula is C20H31N3O2. The number of amides is 3. The van der Waals surface area contributed by atoms with Gasteiger partial charge < -0.3 is 15.5 Å². The molecule has 25 heavy (non-hydrogen) atoms. The third kappa shape index (κ3) is 6.40. The molecule has 2 unspecified atom stereocenters. The van der Waals surface area contributed by atoms with E-state index >= 15 is 0 Å². The topological polar surface area (TPSA) is 61.4 Å². The van der Waals surface area contributed by atoms with Crippen LogP contribution in [0.25, 0.3) is 0 Å². The number of rotatable bonds is 6. The summed E-state index contributed by atoms with van der Waals surface area (Å²) in [5.74, 6) is 0.608. The number of hydrogen-bond donors (Lipinski definition) is 2. The van der Waals surface area contributed by atoms with Gasteiger partial charge in [-0.1, -0.05) is 32.0 Å². The van der Waals surface area contributed by atoms with Gasteiger partial charge in [0.15, 0.2) is 0 Å². The van der Waals surface area contributed by atoms with E-state index in [1.165, 1.54) is 0 Å². The highest BCUT2D eigenvalue weighted by Gasteiger charge is 2.29. The zero-order valence-electron chi connectivity index (χ0n) is 15.6. The maximum absolute atomic E-state index is 12.5. The molecule has 1 heterocycles. The summed E-state index contributed by atoms with van der Waals surface area (Å²) >= 11 is 0. The molecule has 138 valence electrons. The summed E-state index contributed by atoms with van der Waals surface area (Å²) in [6.45, 7) is 7.63. The molecule has 1 aromatic rings. The standard InChI is InChI=1S/C20H31N3O2/c1-15(2)11-12-16(3)21-19(24)17-8-7-13-23(14-17)20(25)22-18-9-5-4-6-10-18/h4-6,9-10,15-17H,7-8,11-14H2,1-3H3,(H,21,24)(H,22,25). The average Bonchev–Trinajstić information content (AvgIpc) is 2.61. The van der Waals surface area contributed by atoms with Crippen molar-refractivity contribution < 1.29 is 9.59 Å². The van der Waals surface area contributed by atoms with Crippen molar-refractivity contribution in [2.45, 2.75) is 52.5 Å². The molecule has 0 aromatic heterocycles. The van der Waals surface area contributed by atoms with Crippen LogP contribution in [0.1, 0.15) is 46.5 Å². The zero-order chi connectivity index (χ0) is 18.2. The first-order valence-corrected chi connectivity index (χ1v) is 9.37. The summed E-state index contributed by atoms with van der Waals surface area (Å²) in [6.07, 6.45) is 3.81. The molecule has 2 rings (SSSR count). The first kappa shape index (κ1) is 19.3. The molecule has 2 N–H and O–H groups in total. The molecule has 3 amide bonds. The van der Waals surface area contributed by atoms with Crippen LogP contribution in [0.3, 0.4) is 0 Å². The first-order chi connectivity index (χ1) is 12.0. The van der Waals surface area contributed by atoms with Gasteiger partial charge in [0.1, 0.15) is 0 Å². The normalized spacial score (nSPS) is 18.7. The predicted octanol–water partition coefficient (Wildman–Crippen LogP) is 3.87. The van der Waals surface area contributed by atoms with Crippen molar-refractivity contribution in [1.82, 2.24) is 10.2 Å². The highest BCUT2D eigenvalue weighted by molar-refractivity contribution is 5.90. The Hall–Kier alpha value is -2.04. The molecule has 1 saturated heterocycles. The molecule has 0 spiro atoms. The van der Waals surface area contributed by atoms with Crippen molar-refractivity contribution in [2.75, 3.05) is 18.4 Å². The lowest BCUT2D eigenvalue weighted by molar-refractivity contribution is -0.126. The van der Waals surface area contributed by atoms with Crippen molar-refractivity contribution in [1.29, 1.82) is 0 Å². The third-order valence-electron chi connectivity index (χ3n) is 4.67. The van der Waals surface area contributed by atoms with Crippen LogP contribution in [0.15, 0.2) is 30.3 Å². The van der Waals surface area contributed by atoms with Crippen molar-refractivity contribution >= 4 is 17.6 Å². The zero-order valence-corrected chi connectivity index (χ0v) is 15.6. The smallest absolute Gasteiger partial charge is 0.321 e. The summed E-state index contributed by atoms with van der Waals surface area (Å²) < 4.78 is 0. The number of likely N-dealkylation sites (tertiary alicyclic amines) is 1. The fraction of sp³-hybridized carbons (Fsp3) is 0.600. The van der Waals surface area contributed by atoms with Crippen molar-refractivity contribution in [3.63, 3.8) is 0 Å². The van der Waals surface area contributed by atoms with Gasteiger partial charge in [0, 0.05) is 24.8 Å². The Morgan fingerprint density at radius 3 is 2.56 bits per heavy atom. The molecule has 0 aliphatic carbocycles. The number of urea groups is 1. The van der Waals surface area contributed by atoms with Gasteiger partial charge in [0.25, 0.3) is 0 Å². The van der Waals surface area contributed by atoms with Gasteiger partial charge in [0.05, 0.1) is 5.92 Å². The van der Waals surface area contributed by atoms with Crippen LogP contribution < -0.4 is 10.6 Å². The van der Waals surface area contributed by atoms with Gasteiger partial charge in [-0.05, 0) is 50.7 Å². The number of benzene rings is 1. The molecule has 5 heteroatoms. The molecule has 1 fully saturated rings. The van der Waals surface area contributed by atoms with Gasteiger partial charge in [-0.3, -0.25) is 4.79 Å². The molecule has 1 aliphatic rings. The highest BCUT2D eigenvalue weighted by atomic mass is 16.2. The van der Waals surface area contributed by atoms with Gasteiger partial charge in [0.2, 0.25) is 5.91 Å². The maximum Gasteiger partial charge on any atom is 0.321 e. The summed E-state index contributed by atoms with van der Waals surface area (Å²) in [5, 5.41) is 6.02. The monoisotopic (exact) mass is 345 g/mol. The minimum absolute atomic E-state index is 0.0773. The Morgan fingerprint density at radius 1 is 1.16 bits per heavy atom. The Bertz CT molecular complexity index is 559. The highest BCUT2D eigenvalue weighted by Crippen LogP contribution is 2.19. The SMILES string of the molecule is CC(C)CCC(C)NC(=O)C1CCCN(C(=O)Nc2ccccc2)C1. The van der Waals surface area contributed by atoms with Crippen LogP contribution in [0.4, 0.5) is 10.5 Å². The molecule has 0 radical (unpaired) electrons. The number of nitrogens with zero attached hydrogens (tertiary/aromatic N) is 1. The molecule has 0 bridgehead atoms. The summed E-state index contributed by atoms with van der Waals surface area (Å²) in [4.78, 5) is 26.7. The number of anilines is 1. The lowest BCUT2D eigenvalue weighted by atomic mass is 9.96. The molecule has 5 nitrogen and oxygen atoms in total. The quantitative estimate of drug-likeness (QED) is 0.822. The fourth-order valence-corrected chi connectivity index (χ4v) is 3.12. The minimum atomic E-state index is -0.128. The van der Waals surface area contributed by atoms with Crippen molar-refractivity contribution in [3.8, 4) is 0 Å². The van der Waals surface area contributed by atoms with Gasteiger partial charge >= 0.3 is 6.03 Å². The molecule has 2 atom stereocenters. The number of nitrogens with one attached hydrogen (secondary N) is 2. The van der Waals surface area contributed by atoms with Crippen LogP contribution >= 0.6 is 0 Å². The second-order valence-electron chi connectivity index (χ2n) is 7.46.